The van der Waals surface area contributed by atoms with Gasteiger partial charge in [0, 0.05) is 22.3 Å². The first-order valence-corrected chi connectivity index (χ1v) is 7.87. The van der Waals surface area contributed by atoms with Gasteiger partial charge in [0.15, 0.2) is 17.3 Å². The standard InChI is InChI=1S/C19H16ClNO4/c1-23-16-8-7-14(11-18(16)24-2)21-19(22)17-10-9-15(25-17)12-3-5-13(20)6-4-12/h3-11H,1-2H3,(H,21,22). The van der Waals surface area contributed by atoms with E-state index in [-0.39, 0.29) is 11.7 Å². The SMILES string of the molecule is COc1ccc(NC(=O)c2ccc(-c3ccc(Cl)cc3)o2)cc1OC. The molecule has 0 aliphatic heterocycles. The minimum atomic E-state index is -0.354. The highest BCUT2D eigenvalue weighted by Gasteiger charge is 2.14. The molecule has 1 N–H and O–H groups in total. The number of carbonyl (C=O) groups is 1. The molecule has 0 aliphatic carbocycles. The highest BCUT2D eigenvalue weighted by atomic mass is 35.5. The zero-order chi connectivity index (χ0) is 17.8. The van der Waals surface area contributed by atoms with E-state index in [0.29, 0.717) is 28.0 Å². The first-order valence-electron chi connectivity index (χ1n) is 7.50. The largest absolute Gasteiger partial charge is 0.493 e. The van der Waals surface area contributed by atoms with Crippen molar-refractivity contribution in [3.05, 3.63) is 65.4 Å². The van der Waals surface area contributed by atoms with Gasteiger partial charge in [0.2, 0.25) is 0 Å². The predicted octanol–water partition coefficient (Wildman–Crippen LogP) is 4.87. The Bertz CT molecular complexity index is 887. The summed E-state index contributed by atoms with van der Waals surface area (Å²) < 4.78 is 16.0. The van der Waals surface area contributed by atoms with E-state index >= 15 is 0 Å². The summed E-state index contributed by atoms with van der Waals surface area (Å²) in [7, 11) is 3.09. The first-order chi connectivity index (χ1) is 12.1. The second kappa shape index (κ2) is 7.32. The van der Waals surface area contributed by atoms with Gasteiger partial charge in [-0.1, -0.05) is 11.6 Å². The fraction of sp³-hybridized carbons (Fsp3) is 0.105. The van der Waals surface area contributed by atoms with E-state index in [9.17, 15) is 4.79 Å². The summed E-state index contributed by atoms with van der Waals surface area (Å²) in [5.41, 5.74) is 1.42. The molecule has 3 rings (SSSR count). The lowest BCUT2D eigenvalue weighted by molar-refractivity contribution is 0.0997. The molecule has 1 heterocycles. The maximum Gasteiger partial charge on any atom is 0.291 e. The number of benzene rings is 2. The Morgan fingerprint density at radius 2 is 1.68 bits per heavy atom. The van der Waals surface area contributed by atoms with Gasteiger partial charge in [0.05, 0.1) is 14.2 Å². The smallest absolute Gasteiger partial charge is 0.291 e. The summed E-state index contributed by atoms with van der Waals surface area (Å²) >= 11 is 5.88. The molecule has 3 aromatic rings. The average Bonchev–Trinajstić information content (AvgIpc) is 3.12. The summed E-state index contributed by atoms with van der Waals surface area (Å²) in [6.45, 7) is 0. The Labute approximate surface area is 150 Å². The van der Waals surface area contributed by atoms with Crippen molar-refractivity contribution >= 4 is 23.2 Å². The van der Waals surface area contributed by atoms with Gasteiger partial charge in [-0.05, 0) is 48.5 Å². The van der Waals surface area contributed by atoms with Crippen molar-refractivity contribution in [1.82, 2.24) is 0 Å². The molecule has 0 saturated carbocycles. The van der Waals surface area contributed by atoms with Crippen LogP contribution in [-0.4, -0.2) is 20.1 Å². The molecule has 128 valence electrons. The maximum absolute atomic E-state index is 12.4. The van der Waals surface area contributed by atoms with Crippen molar-refractivity contribution < 1.29 is 18.7 Å². The van der Waals surface area contributed by atoms with E-state index in [2.05, 4.69) is 5.32 Å². The zero-order valence-electron chi connectivity index (χ0n) is 13.7. The Kier molecular flexibility index (Phi) is 4.95. The normalized spacial score (nSPS) is 10.4. The maximum atomic E-state index is 12.4. The molecule has 0 saturated heterocycles. The van der Waals surface area contributed by atoms with Gasteiger partial charge in [-0.15, -0.1) is 0 Å². The first kappa shape index (κ1) is 16.9. The third kappa shape index (κ3) is 3.78. The summed E-state index contributed by atoms with van der Waals surface area (Å²) in [4.78, 5) is 12.4. The number of rotatable bonds is 5. The van der Waals surface area contributed by atoms with Crippen LogP contribution in [0.1, 0.15) is 10.6 Å². The molecule has 0 atom stereocenters. The molecule has 0 radical (unpaired) electrons. The van der Waals surface area contributed by atoms with E-state index in [0.717, 1.165) is 5.56 Å². The number of ether oxygens (including phenoxy) is 2. The highest BCUT2D eigenvalue weighted by molar-refractivity contribution is 6.30. The number of methoxy groups -OCH3 is 2. The Morgan fingerprint density at radius 1 is 0.960 bits per heavy atom. The van der Waals surface area contributed by atoms with E-state index in [1.54, 1.807) is 49.6 Å². The lowest BCUT2D eigenvalue weighted by Gasteiger charge is -2.10. The number of amides is 1. The van der Waals surface area contributed by atoms with Crippen molar-refractivity contribution in [2.75, 3.05) is 19.5 Å². The van der Waals surface area contributed by atoms with E-state index < -0.39 is 0 Å². The van der Waals surface area contributed by atoms with Crippen molar-refractivity contribution in [3.8, 4) is 22.8 Å². The third-order valence-electron chi connectivity index (χ3n) is 3.60. The Morgan fingerprint density at radius 3 is 2.36 bits per heavy atom. The fourth-order valence-corrected chi connectivity index (χ4v) is 2.46. The van der Waals surface area contributed by atoms with E-state index in [1.807, 2.05) is 12.1 Å². The minimum Gasteiger partial charge on any atom is -0.493 e. The van der Waals surface area contributed by atoms with Crippen LogP contribution in [-0.2, 0) is 0 Å². The van der Waals surface area contributed by atoms with Crippen molar-refractivity contribution in [2.24, 2.45) is 0 Å². The number of hydrogen-bond acceptors (Lipinski definition) is 4. The molecule has 0 spiro atoms. The summed E-state index contributed by atoms with van der Waals surface area (Å²) in [5.74, 6) is 1.56. The molecular weight excluding hydrogens is 342 g/mol. The average molecular weight is 358 g/mol. The zero-order valence-corrected chi connectivity index (χ0v) is 14.5. The van der Waals surface area contributed by atoms with Gasteiger partial charge < -0.3 is 19.2 Å². The topological polar surface area (TPSA) is 60.7 Å². The molecule has 5 nitrogen and oxygen atoms in total. The summed E-state index contributed by atoms with van der Waals surface area (Å²) in [6, 6.07) is 15.7. The van der Waals surface area contributed by atoms with Gasteiger partial charge in [-0.3, -0.25) is 4.79 Å². The molecule has 6 heteroatoms. The van der Waals surface area contributed by atoms with Crippen molar-refractivity contribution in [1.29, 1.82) is 0 Å². The molecule has 2 aromatic carbocycles. The van der Waals surface area contributed by atoms with Crippen molar-refractivity contribution in [3.63, 3.8) is 0 Å². The number of furan rings is 1. The number of anilines is 1. The van der Waals surface area contributed by atoms with Gasteiger partial charge in [-0.25, -0.2) is 0 Å². The lowest BCUT2D eigenvalue weighted by Crippen LogP contribution is -2.10. The van der Waals surface area contributed by atoms with E-state index in [1.165, 1.54) is 7.11 Å². The number of halogens is 1. The fourth-order valence-electron chi connectivity index (χ4n) is 2.34. The summed E-state index contributed by atoms with van der Waals surface area (Å²) in [5, 5.41) is 3.41. The van der Waals surface area contributed by atoms with Crippen LogP contribution in [0.15, 0.2) is 59.0 Å². The number of carbonyl (C=O) groups excluding carboxylic acids is 1. The monoisotopic (exact) mass is 357 g/mol. The van der Waals surface area contributed by atoms with Crippen molar-refractivity contribution in [2.45, 2.75) is 0 Å². The van der Waals surface area contributed by atoms with Gasteiger partial charge >= 0.3 is 0 Å². The molecule has 1 aromatic heterocycles. The highest BCUT2D eigenvalue weighted by Crippen LogP contribution is 2.30. The number of hydrogen-bond donors (Lipinski definition) is 1. The lowest BCUT2D eigenvalue weighted by atomic mass is 10.2. The second-order valence-corrected chi connectivity index (χ2v) is 5.63. The van der Waals surface area contributed by atoms with Crippen LogP contribution in [0.4, 0.5) is 5.69 Å². The predicted molar refractivity (Wildman–Crippen MR) is 96.7 cm³/mol. The molecule has 1 amide bonds. The van der Waals surface area contributed by atoms with Crippen LogP contribution in [0.2, 0.25) is 5.02 Å². The van der Waals surface area contributed by atoms with E-state index in [4.69, 9.17) is 25.5 Å². The quantitative estimate of drug-likeness (QED) is 0.707. The molecule has 0 aliphatic rings. The number of nitrogens with one attached hydrogen (secondary N) is 1. The van der Waals surface area contributed by atoms with Gasteiger partial charge in [0.1, 0.15) is 5.76 Å². The third-order valence-corrected chi connectivity index (χ3v) is 3.85. The molecule has 0 unspecified atom stereocenters. The molecular formula is C19H16ClNO4. The Hall–Kier alpha value is -2.92. The molecule has 0 fully saturated rings. The Balaban J connectivity index is 1.77. The van der Waals surface area contributed by atoms with Crippen LogP contribution in [0.5, 0.6) is 11.5 Å². The van der Waals surface area contributed by atoms with Crippen LogP contribution in [0, 0.1) is 0 Å². The van der Waals surface area contributed by atoms with Crippen LogP contribution >= 0.6 is 11.6 Å². The molecule has 0 bridgehead atoms. The minimum absolute atomic E-state index is 0.208. The second-order valence-electron chi connectivity index (χ2n) is 5.19. The van der Waals surface area contributed by atoms with Crippen LogP contribution in [0.3, 0.4) is 0 Å². The summed E-state index contributed by atoms with van der Waals surface area (Å²) in [6.07, 6.45) is 0. The molecule has 25 heavy (non-hydrogen) atoms. The van der Waals surface area contributed by atoms with Gasteiger partial charge in [0.25, 0.3) is 5.91 Å². The van der Waals surface area contributed by atoms with Crippen LogP contribution in [0.25, 0.3) is 11.3 Å². The van der Waals surface area contributed by atoms with Gasteiger partial charge in [-0.2, -0.15) is 0 Å². The van der Waals surface area contributed by atoms with Crippen LogP contribution < -0.4 is 14.8 Å².